The Morgan fingerprint density at radius 3 is 2.44 bits per heavy atom. The molecule has 136 valence electrons. The Labute approximate surface area is 152 Å². The normalized spacial score (nSPS) is 11.9. The molecule has 0 aliphatic carbocycles. The lowest BCUT2D eigenvalue weighted by Crippen LogP contribution is -2.13. The number of carbonyl (C=O) groups excluding carboxylic acids is 1. The maximum atomic E-state index is 13.2. The first-order chi connectivity index (χ1) is 13.1. The summed E-state index contributed by atoms with van der Waals surface area (Å²) < 4.78 is 36.7. The number of benzene rings is 2. The molecule has 4 rings (SSSR count). The van der Waals surface area contributed by atoms with E-state index in [0.29, 0.717) is 17.2 Å². The van der Waals surface area contributed by atoms with Gasteiger partial charge < -0.3 is 20.1 Å². The van der Waals surface area contributed by atoms with Crippen molar-refractivity contribution >= 4 is 23.2 Å². The topological polar surface area (TPSA) is 85.4 Å². The van der Waals surface area contributed by atoms with Crippen LogP contribution in [0.3, 0.4) is 0 Å². The van der Waals surface area contributed by atoms with Crippen molar-refractivity contribution in [2.24, 2.45) is 0 Å². The van der Waals surface area contributed by atoms with Gasteiger partial charge in [0, 0.05) is 35.9 Å². The minimum atomic E-state index is -1.05. The van der Waals surface area contributed by atoms with E-state index in [1.165, 1.54) is 18.5 Å². The van der Waals surface area contributed by atoms with Gasteiger partial charge in [0.15, 0.2) is 23.1 Å². The van der Waals surface area contributed by atoms with Crippen LogP contribution in [0, 0.1) is 11.6 Å². The molecule has 0 fully saturated rings. The summed E-state index contributed by atoms with van der Waals surface area (Å²) in [6, 6.07) is 8.36. The number of carbonyl (C=O) groups is 1. The molecule has 1 amide bonds. The maximum Gasteiger partial charge on any atom is 0.258 e. The minimum absolute atomic E-state index is 0.126. The van der Waals surface area contributed by atoms with Crippen LogP contribution < -0.4 is 20.1 Å². The third-order valence-corrected chi connectivity index (χ3v) is 3.72. The number of nitrogens with zero attached hydrogens (tertiary/aromatic N) is 2. The molecule has 0 unspecified atom stereocenters. The summed E-state index contributed by atoms with van der Waals surface area (Å²) in [4.78, 5) is 20.3. The molecule has 1 aliphatic rings. The fourth-order valence-corrected chi connectivity index (χ4v) is 2.39. The number of hydrogen-bond donors (Lipinski definition) is 2. The molecule has 0 saturated heterocycles. The number of aromatic nitrogens is 2. The molecule has 7 nitrogen and oxygen atoms in total. The van der Waals surface area contributed by atoms with Crippen LogP contribution in [0.5, 0.6) is 11.5 Å². The van der Waals surface area contributed by atoms with Crippen molar-refractivity contribution in [2.45, 2.75) is 0 Å². The van der Waals surface area contributed by atoms with Crippen molar-refractivity contribution in [3.63, 3.8) is 0 Å². The van der Waals surface area contributed by atoms with E-state index in [-0.39, 0.29) is 24.0 Å². The largest absolute Gasteiger partial charge is 0.454 e. The number of hydrogen-bond acceptors (Lipinski definition) is 6. The summed E-state index contributed by atoms with van der Waals surface area (Å²) in [5.41, 5.74) is 0.982. The Hall–Kier alpha value is -3.75. The lowest BCUT2D eigenvalue weighted by atomic mass is 10.2. The quantitative estimate of drug-likeness (QED) is 0.731. The first kappa shape index (κ1) is 16.7. The first-order valence-corrected chi connectivity index (χ1v) is 7.83. The van der Waals surface area contributed by atoms with Gasteiger partial charge in [-0.3, -0.25) is 4.79 Å². The van der Waals surface area contributed by atoms with Gasteiger partial charge in [0.25, 0.3) is 5.91 Å². The fraction of sp³-hybridized carbons (Fsp3) is 0.0556. The molecule has 2 aromatic carbocycles. The van der Waals surface area contributed by atoms with Gasteiger partial charge in [-0.1, -0.05) is 0 Å². The lowest BCUT2D eigenvalue weighted by Gasteiger charge is -2.07. The van der Waals surface area contributed by atoms with Gasteiger partial charge in [-0.15, -0.1) is 0 Å². The molecule has 2 N–H and O–H groups in total. The van der Waals surface area contributed by atoms with Crippen LogP contribution in [0.15, 0.2) is 48.8 Å². The Bertz CT molecular complexity index is 1010. The molecular formula is C18H12F2N4O3. The standard InChI is InChI=1S/C18H12F2N4O3/c19-13-3-1-11(5-14(13)20)23-17(25)10-7-21-18(22-8-10)24-12-2-4-15-16(6-12)27-9-26-15/h1-8H,9H2,(H,23,25)(H,21,22,24). The van der Waals surface area contributed by atoms with Gasteiger partial charge in [-0.2, -0.15) is 0 Å². The zero-order chi connectivity index (χ0) is 18.8. The molecule has 0 bridgehead atoms. The van der Waals surface area contributed by atoms with Crippen LogP contribution in [0.1, 0.15) is 10.4 Å². The summed E-state index contributed by atoms with van der Waals surface area (Å²) in [5, 5.41) is 5.43. The van der Waals surface area contributed by atoms with Gasteiger partial charge in [0.2, 0.25) is 12.7 Å². The number of anilines is 3. The van der Waals surface area contributed by atoms with Crippen molar-refractivity contribution in [2.75, 3.05) is 17.4 Å². The zero-order valence-corrected chi connectivity index (χ0v) is 13.7. The number of ether oxygens (including phenoxy) is 2. The zero-order valence-electron chi connectivity index (χ0n) is 13.7. The van der Waals surface area contributed by atoms with Crippen LogP contribution in [-0.2, 0) is 0 Å². The molecule has 1 aromatic heterocycles. The molecule has 9 heteroatoms. The molecule has 1 aliphatic heterocycles. The van der Waals surface area contributed by atoms with Gasteiger partial charge in [-0.05, 0) is 24.3 Å². The predicted octanol–water partition coefficient (Wildman–Crippen LogP) is 3.48. The van der Waals surface area contributed by atoms with Crippen molar-refractivity contribution in [3.05, 3.63) is 66.0 Å². The van der Waals surface area contributed by atoms with Crippen molar-refractivity contribution < 1.29 is 23.0 Å². The maximum absolute atomic E-state index is 13.2. The number of fused-ring (bicyclic) bond motifs is 1. The summed E-state index contributed by atoms with van der Waals surface area (Å²) >= 11 is 0. The van der Waals surface area contributed by atoms with Gasteiger partial charge in [0.05, 0.1) is 5.56 Å². The Morgan fingerprint density at radius 2 is 1.67 bits per heavy atom. The third-order valence-electron chi connectivity index (χ3n) is 3.72. The Morgan fingerprint density at radius 1 is 0.926 bits per heavy atom. The van der Waals surface area contributed by atoms with E-state index >= 15 is 0 Å². The third kappa shape index (κ3) is 3.61. The number of amides is 1. The van der Waals surface area contributed by atoms with E-state index in [1.807, 2.05) is 0 Å². The van der Waals surface area contributed by atoms with E-state index < -0.39 is 17.5 Å². The smallest absolute Gasteiger partial charge is 0.258 e. The van der Waals surface area contributed by atoms with E-state index in [2.05, 4.69) is 20.6 Å². The van der Waals surface area contributed by atoms with Crippen LogP contribution in [-0.4, -0.2) is 22.7 Å². The van der Waals surface area contributed by atoms with Crippen LogP contribution in [0.25, 0.3) is 0 Å². The average Bonchev–Trinajstić information content (AvgIpc) is 3.13. The Kier molecular flexibility index (Phi) is 4.25. The summed E-state index contributed by atoms with van der Waals surface area (Å²) in [6.07, 6.45) is 2.63. The SMILES string of the molecule is O=C(Nc1ccc(F)c(F)c1)c1cnc(Nc2ccc3c(c2)OCO3)nc1. The van der Waals surface area contributed by atoms with Gasteiger partial charge in [-0.25, -0.2) is 18.7 Å². The minimum Gasteiger partial charge on any atom is -0.454 e. The molecule has 0 spiro atoms. The van der Waals surface area contributed by atoms with Crippen molar-refractivity contribution in [1.29, 1.82) is 0 Å². The van der Waals surface area contributed by atoms with E-state index in [9.17, 15) is 13.6 Å². The fourth-order valence-electron chi connectivity index (χ4n) is 2.39. The summed E-state index contributed by atoms with van der Waals surface area (Å²) in [5.74, 6) is -1.04. The van der Waals surface area contributed by atoms with E-state index in [4.69, 9.17) is 9.47 Å². The highest BCUT2D eigenvalue weighted by Gasteiger charge is 2.14. The summed E-state index contributed by atoms with van der Waals surface area (Å²) in [6.45, 7) is 0.178. The first-order valence-electron chi connectivity index (χ1n) is 7.83. The van der Waals surface area contributed by atoms with E-state index in [0.717, 1.165) is 12.1 Å². The molecule has 3 aromatic rings. The van der Waals surface area contributed by atoms with Crippen LogP contribution in [0.4, 0.5) is 26.1 Å². The highest BCUT2D eigenvalue weighted by molar-refractivity contribution is 6.03. The molecular weight excluding hydrogens is 358 g/mol. The number of nitrogens with one attached hydrogen (secondary N) is 2. The summed E-state index contributed by atoms with van der Waals surface area (Å²) in [7, 11) is 0. The van der Waals surface area contributed by atoms with Crippen molar-refractivity contribution in [3.8, 4) is 11.5 Å². The lowest BCUT2D eigenvalue weighted by molar-refractivity contribution is 0.102. The van der Waals surface area contributed by atoms with Crippen LogP contribution >= 0.6 is 0 Å². The number of halogens is 2. The molecule has 27 heavy (non-hydrogen) atoms. The second kappa shape index (κ2) is 6.87. The molecule has 2 heterocycles. The van der Waals surface area contributed by atoms with Gasteiger partial charge in [0.1, 0.15) is 0 Å². The Balaban J connectivity index is 1.43. The predicted molar refractivity (Wildman–Crippen MR) is 92.2 cm³/mol. The monoisotopic (exact) mass is 370 g/mol. The average molecular weight is 370 g/mol. The highest BCUT2D eigenvalue weighted by Crippen LogP contribution is 2.34. The van der Waals surface area contributed by atoms with Crippen LogP contribution in [0.2, 0.25) is 0 Å². The molecule has 0 radical (unpaired) electrons. The van der Waals surface area contributed by atoms with E-state index in [1.54, 1.807) is 18.2 Å². The second-order valence-electron chi connectivity index (χ2n) is 5.57. The van der Waals surface area contributed by atoms with Crippen molar-refractivity contribution in [1.82, 2.24) is 9.97 Å². The highest BCUT2D eigenvalue weighted by atomic mass is 19.2. The molecule has 0 saturated carbocycles. The number of rotatable bonds is 4. The van der Waals surface area contributed by atoms with Gasteiger partial charge >= 0.3 is 0 Å². The molecule has 0 atom stereocenters. The second-order valence-corrected chi connectivity index (χ2v) is 5.57.